The molecule has 3 aliphatic rings. The average Bonchev–Trinajstić information content (AvgIpc) is 2.75. The molecule has 0 aromatic carbocycles. The number of ether oxygens (including phenoxy) is 1. The molecule has 0 radical (unpaired) electrons. The molecule has 1 atom stereocenters. The standard InChI is InChI=1S/C16H26N2O2/c1-2-18-10-6-7-13(12-18)17-14-11-15(19)20-16(14)8-4-3-5-9-16/h11,13,17H,2-10,12H2,1H3/t13-/m1/s1. The zero-order valence-corrected chi connectivity index (χ0v) is 12.5. The fraction of sp³-hybridized carbons (Fsp3) is 0.812. The number of piperidine rings is 1. The summed E-state index contributed by atoms with van der Waals surface area (Å²) < 4.78 is 5.69. The Kier molecular flexibility index (Phi) is 4.01. The number of hydrogen-bond donors (Lipinski definition) is 1. The van der Waals surface area contributed by atoms with Crippen LogP contribution in [0.25, 0.3) is 0 Å². The van der Waals surface area contributed by atoms with E-state index in [1.54, 1.807) is 6.08 Å². The van der Waals surface area contributed by atoms with Crippen molar-refractivity contribution in [2.45, 2.75) is 63.5 Å². The first kappa shape index (κ1) is 13.9. The van der Waals surface area contributed by atoms with Crippen LogP contribution in [-0.4, -0.2) is 42.1 Å². The Morgan fingerprint density at radius 1 is 1.35 bits per heavy atom. The molecule has 1 N–H and O–H groups in total. The van der Waals surface area contributed by atoms with Crippen molar-refractivity contribution >= 4 is 5.97 Å². The van der Waals surface area contributed by atoms with E-state index in [0.717, 1.165) is 44.5 Å². The van der Waals surface area contributed by atoms with Crippen LogP contribution in [0.1, 0.15) is 51.9 Å². The highest BCUT2D eigenvalue weighted by Gasteiger charge is 2.44. The molecule has 20 heavy (non-hydrogen) atoms. The van der Waals surface area contributed by atoms with Crippen molar-refractivity contribution < 1.29 is 9.53 Å². The van der Waals surface area contributed by atoms with Crippen LogP contribution in [0.2, 0.25) is 0 Å². The second-order valence-electron chi connectivity index (χ2n) is 6.41. The number of likely N-dealkylation sites (N-methyl/N-ethyl adjacent to an activating group) is 1. The molecule has 3 rings (SSSR count). The summed E-state index contributed by atoms with van der Waals surface area (Å²) in [6, 6.07) is 0.461. The molecule has 2 heterocycles. The minimum atomic E-state index is -0.316. The smallest absolute Gasteiger partial charge is 0.333 e. The van der Waals surface area contributed by atoms with Crippen molar-refractivity contribution in [2.24, 2.45) is 0 Å². The summed E-state index contributed by atoms with van der Waals surface area (Å²) in [5.74, 6) is -0.155. The van der Waals surface area contributed by atoms with Gasteiger partial charge in [-0.1, -0.05) is 13.3 Å². The van der Waals surface area contributed by atoms with Crippen molar-refractivity contribution in [2.75, 3.05) is 19.6 Å². The fourth-order valence-corrected chi connectivity index (χ4v) is 3.87. The van der Waals surface area contributed by atoms with Crippen molar-refractivity contribution in [1.82, 2.24) is 10.2 Å². The first-order chi connectivity index (χ1) is 9.72. The second kappa shape index (κ2) is 5.76. The van der Waals surface area contributed by atoms with Gasteiger partial charge in [0.25, 0.3) is 0 Å². The molecule has 1 spiro atoms. The van der Waals surface area contributed by atoms with E-state index in [9.17, 15) is 4.79 Å². The molecule has 2 fully saturated rings. The predicted octanol–water partition coefficient (Wildman–Crippen LogP) is 2.20. The molecular weight excluding hydrogens is 252 g/mol. The van der Waals surface area contributed by atoms with Gasteiger partial charge in [0, 0.05) is 18.7 Å². The lowest BCUT2D eigenvalue weighted by atomic mass is 9.82. The Morgan fingerprint density at radius 2 is 2.15 bits per heavy atom. The Hall–Kier alpha value is -1.03. The third-order valence-electron chi connectivity index (χ3n) is 5.02. The van der Waals surface area contributed by atoms with E-state index in [2.05, 4.69) is 17.1 Å². The van der Waals surface area contributed by atoms with Crippen molar-refractivity contribution in [3.05, 3.63) is 11.8 Å². The summed E-state index contributed by atoms with van der Waals surface area (Å²) in [4.78, 5) is 14.2. The molecule has 4 nitrogen and oxygen atoms in total. The van der Waals surface area contributed by atoms with Crippen molar-refractivity contribution in [1.29, 1.82) is 0 Å². The van der Waals surface area contributed by atoms with E-state index < -0.39 is 0 Å². The van der Waals surface area contributed by atoms with E-state index in [-0.39, 0.29) is 11.6 Å². The van der Waals surface area contributed by atoms with Crippen LogP contribution in [0.4, 0.5) is 0 Å². The molecule has 0 amide bonds. The van der Waals surface area contributed by atoms with Gasteiger partial charge in [0.15, 0.2) is 5.60 Å². The summed E-state index contributed by atoms with van der Waals surface area (Å²) in [5.41, 5.74) is 0.745. The first-order valence-electron chi connectivity index (χ1n) is 8.16. The highest BCUT2D eigenvalue weighted by molar-refractivity contribution is 5.86. The first-order valence-corrected chi connectivity index (χ1v) is 8.16. The van der Waals surface area contributed by atoms with E-state index >= 15 is 0 Å². The van der Waals surface area contributed by atoms with Gasteiger partial charge in [0.05, 0.1) is 5.70 Å². The maximum absolute atomic E-state index is 11.7. The Morgan fingerprint density at radius 3 is 2.90 bits per heavy atom. The molecule has 2 aliphatic heterocycles. The summed E-state index contributed by atoms with van der Waals surface area (Å²) in [5, 5.41) is 3.65. The summed E-state index contributed by atoms with van der Waals surface area (Å²) in [6.45, 7) is 5.61. The zero-order chi connectivity index (χ0) is 14.0. The normalized spacial score (nSPS) is 30.1. The van der Waals surface area contributed by atoms with Gasteiger partial charge >= 0.3 is 5.97 Å². The third-order valence-corrected chi connectivity index (χ3v) is 5.02. The molecule has 0 bridgehead atoms. The fourth-order valence-electron chi connectivity index (χ4n) is 3.87. The van der Waals surface area contributed by atoms with Crippen molar-refractivity contribution in [3.8, 4) is 0 Å². The third kappa shape index (κ3) is 2.71. The van der Waals surface area contributed by atoms with E-state index in [1.165, 1.54) is 25.8 Å². The number of carbonyl (C=O) groups is 1. The molecule has 1 saturated heterocycles. The Bertz CT molecular complexity index is 399. The molecule has 0 aromatic heterocycles. The number of carbonyl (C=O) groups excluding carboxylic acids is 1. The minimum Gasteiger partial charge on any atom is -0.449 e. The highest BCUT2D eigenvalue weighted by Crippen LogP contribution is 2.40. The van der Waals surface area contributed by atoms with Crippen LogP contribution in [0.5, 0.6) is 0 Å². The van der Waals surface area contributed by atoms with Gasteiger partial charge in [-0.2, -0.15) is 0 Å². The summed E-state index contributed by atoms with van der Waals surface area (Å²) >= 11 is 0. The lowest BCUT2D eigenvalue weighted by Crippen LogP contribution is -2.49. The molecular formula is C16H26N2O2. The van der Waals surface area contributed by atoms with Gasteiger partial charge in [0.1, 0.15) is 0 Å². The number of rotatable bonds is 3. The van der Waals surface area contributed by atoms with Crippen LogP contribution in [0.15, 0.2) is 11.8 Å². The number of likely N-dealkylation sites (tertiary alicyclic amines) is 1. The van der Waals surface area contributed by atoms with E-state index in [4.69, 9.17) is 4.74 Å². The predicted molar refractivity (Wildman–Crippen MR) is 78.3 cm³/mol. The van der Waals surface area contributed by atoms with Gasteiger partial charge in [0.2, 0.25) is 0 Å². The van der Waals surface area contributed by atoms with Gasteiger partial charge in [-0.05, 0) is 51.6 Å². The molecule has 0 aromatic rings. The van der Waals surface area contributed by atoms with Crippen LogP contribution in [0, 0.1) is 0 Å². The molecule has 4 heteroatoms. The van der Waals surface area contributed by atoms with Crippen LogP contribution in [0.3, 0.4) is 0 Å². The van der Waals surface area contributed by atoms with Gasteiger partial charge in [-0.3, -0.25) is 0 Å². The minimum absolute atomic E-state index is 0.155. The monoisotopic (exact) mass is 278 g/mol. The molecule has 1 saturated carbocycles. The summed E-state index contributed by atoms with van der Waals surface area (Å²) in [7, 11) is 0. The quantitative estimate of drug-likeness (QED) is 0.804. The maximum atomic E-state index is 11.7. The van der Waals surface area contributed by atoms with Gasteiger partial charge < -0.3 is 15.0 Å². The maximum Gasteiger partial charge on any atom is 0.333 e. The number of nitrogens with zero attached hydrogens (tertiary/aromatic N) is 1. The van der Waals surface area contributed by atoms with Crippen LogP contribution >= 0.6 is 0 Å². The lowest BCUT2D eigenvalue weighted by Gasteiger charge is -2.39. The summed E-state index contributed by atoms with van der Waals surface area (Å²) in [6.07, 6.45) is 9.70. The number of nitrogens with one attached hydrogen (secondary N) is 1. The van der Waals surface area contributed by atoms with Crippen LogP contribution < -0.4 is 5.32 Å². The topological polar surface area (TPSA) is 41.6 Å². The highest BCUT2D eigenvalue weighted by atomic mass is 16.6. The van der Waals surface area contributed by atoms with Gasteiger partial charge in [-0.15, -0.1) is 0 Å². The number of hydrogen-bond acceptors (Lipinski definition) is 4. The largest absolute Gasteiger partial charge is 0.449 e. The van der Waals surface area contributed by atoms with E-state index in [1.807, 2.05) is 0 Å². The second-order valence-corrected chi connectivity index (χ2v) is 6.41. The molecule has 0 unspecified atom stereocenters. The van der Waals surface area contributed by atoms with Crippen molar-refractivity contribution in [3.63, 3.8) is 0 Å². The van der Waals surface area contributed by atoms with Gasteiger partial charge in [-0.25, -0.2) is 4.79 Å². The Labute approximate surface area is 121 Å². The zero-order valence-electron chi connectivity index (χ0n) is 12.5. The number of esters is 1. The van der Waals surface area contributed by atoms with Crippen LogP contribution in [-0.2, 0) is 9.53 Å². The SMILES string of the molecule is CCN1CCC[C@@H](NC2=CC(=O)OC23CCCCC3)C1. The molecule has 112 valence electrons. The Balaban J connectivity index is 1.68. The molecule has 1 aliphatic carbocycles. The average molecular weight is 278 g/mol. The van der Waals surface area contributed by atoms with E-state index in [0.29, 0.717) is 6.04 Å². The lowest BCUT2D eigenvalue weighted by molar-refractivity contribution is -0.148.